The van der Waals surface area contributed by atoms with E-state index in [1.165, 1.54) is 4.90 Å². The Morgan fingerprint density at radius 2 is 2.39 bits per heavy atom. The fraction of sp³-hybridized carbons (Fsp3) is 0.286. The molecule has 4 nitrogen and oxygen atoms in total. The van der Waals surface area contributed by atoms with Crippen LogP contribution in [0.25, 0.3) is 0 Å². The van der Waals surface area contributed by atoms with E-state index in [0.717, 1.165) is 23.4 Å². The second kappa shape index (κ2) is 5.37. The van der Waals surface area contributed by atoms with E-state index in [4.69, 9.17) is 5.11 Å². The van der Waals surface area contributed by atoms with E-state index in [1.807, 2.05) is 25.1 Å². The number of likely N-dealkylation sites (tertiary alicyclic amines) is 1. The van der Waals surface area contributed by atoms with Crippen molar-refractivity contribution in [3.05, 3.63) is 41.2 Å². The van der Waals surface area contributed by atoms with Gasteiger partial charge >= 0.3 is 6.09 Å². The van der Waals surface area contributed by atoms with Gasteiger partial charge in [0.15, 0.2) is 0 Å². The summed E-state index contributed by atoms with van der Waals surface area (Å²) in [6, 6.07) is 5.70. The summed E-state index contributed by atoms with van der Waals surface area (Å²) in [6.07, 6.45) is 1.70. The zero-order valence-electron chi connectivity index (χ0n) is 10.2. The molecule has 1 fully saturated rings. The minimum atomic E-state index is -0.869. The van der Waals surface area contributed by atoms with Crippen LogP contribution in [0.15, 0.2) is 29.8 Å². The largest absolute Gasteiger partial charge is 0.465 e. The maximum absolute atomic E-state index is 10.7. The molecule has 1 aromatic heterocycles. The molecule has 92 valence electrons. The third-order valence-electron chi connectivity index (χ3n) is 2.73. The molecule has 18 heavy (non-hydrogen) atoms. The van der Waals surface area contributed by atoms with Crippen molar-refractivity contribution in [2.75, 3.05) is 13.1 Å². The van der Waals surface area contributed by atoms with Crippen LogP contribution in [0.4, 0.5) is 4.79 Å². The molecule has 2 heterocycles. The number of aryl methyl sites for hydroxylation is 1. The van der Waals surface area contributed by atoms with Crippen molar-refractivity contribution >= 4 is 6.09 Å². The number of hydrogen-bond donors (Lipinski definition) is 1. The molecule has 1 aliphatic heterocycles. The number of carboxylic acid groups (broad SMARTS) is 1. The Labute approximate surface area is 106 Å². The second-order valence-electron chi connectivity index (χ2n) is 4.19. The quantitative estimate of drug-likeness (QED) is 0.708. The molecule has 0 bridgehead atoms. The van der Waals surface area contributed by atoms with Crippen molar-refractivity contribution < 1.29 is 9.90 Å². The zero-order valence-corrected chi connectivity index (χ0v) is 10.2. The molecule has 0 spiro atoms. The summed E-state index contributed by atoms with van der Waals surface area (Å²) in [5, 5.41) is 8.82. The number of rotatable bonds is 0. The highest BCUT2D eigenvalue weighted by Crippen LogP contribution is 2.14. The highest BCUT2D eigenvalue weighted by atomic mass is 16.4. The first-order chi connectivity index (χ1) is 8.65. The molecule has 1 saturated heterocycles. The van der Waals surface area contributed by atoms with Gasteiger partial charge in [-0.3, -0.25) is 0 Å². The molecule has 1 aliphatic rings. The van der Waals surface area contributed by atoms with Gasteiger partial charge in [0.05, 0.1) is 0 Å². The van der Waals surface area contributed by atoms with E-state index in [1.54, 1.807) is 6.08 Å². The Bertz CT molecular complexity index is 552. The van der Waals surface area contributed by atoms with Crippen LogP contribution in [-0.4, -0.2) is 34.2 Å². The van der Waals surface area contributed by atoms with E-state index in [-0.39, 0.29) is 0 Å². The molecule has 0 saturated carbocycles. The average Bonchev–Trinajstić information content (AvgIpc) is 2.78. The molecule has 1 aromatic rings. The van der Waals surface area contributed by atoms with Crippen LogP contribution in [0.2, 0.25) is 0 Å². The molecule has 0 radical (unpaired) electrons. The Hall–Kier alpha value is -2.28. The molecular formula is C14H14N2O2. The number of hydrogen-bond acceptors (Lipinski definition) is 2. The summed E-state index contributed by atoms with van der Waals surface area (Å²) in [5.74, 6) is 5.89. The van der Waals surface area contributed by atoms with Gasteiger partial charge in [-0.2, -0.15) is 0 Å². The van der Waals surface area contributed by atoms with Gasteiger partial charge in [-0.1, -0.05) is 12.0 Å². The summed E-state index contributed by atoms with van der Waals surface area (Å²) in [6.45, 7) is 2.95. The Balaban J connectivity index is 2.02. The van der Waals surface area contributed by atoms with Crippen molar-refractivity contribution in [1.29, 1.82) is 0 Å². The standard InChI is InChI=1S/C14H14N2O2/c1-11-4-2-6-13(15-11)7-3-5-12-8-9-16(10-12)14(17)18/h2,4-6H,8-10H2,1H3,(H,17,18). The molecule has 0 unspecified atom stereocenters. The smallest absolute Gasteiger partial charge is 0.407 e. The highest BCUT2D eigenvalue weighted by Gasteiger charge is 2.19. The minimum Gasteiger partial charge on any atom is -0.465 e. The van der Waals surface area contributed by atoms with Crippen LogP contribution >= 0.6 is 0 Å². The van der Waals surface area contributed by atoms with Crippen LogP contribution < -0.4 is 0 Å². The van der Waals surface area contributed by atoms with Gasteiger partial charge in [-0.05, 0) is 43.0 Å². The molecule has 4 heteroatoms. The lowest BCUT2D eigenvalue weighted by Gasteiger charge is -2.07. The van der Waals surface area contributed by atoms with Crippen LogP contribution in [0.3, 0.4) is 0 Å². The van der Waals surface area contributed by atoms with Crippen molar-refractivity contribution in [1.82, 2.24) is 9.88 Å². The zero-order chi connectivity index (χ0) is 13.0. The maximum atomic E-state index is 10.7. The van der Waals surface area contributed by atoms with Crippen molar-refractivity contribution in [2.45, 2.75) is 13.3 Å². The van der Waals surface area contributed by atoms with Crippen LogP contribution in [0.1, 0.15) is 17.8 Å². The SMILES string of the molecule is Cc1cccc(C#CC=C2CCN(C(=O)O)C2)n1. The molecule has 0 aromatic carbocycles. The minimum absolute atomic E-state index is 0.464. The number of amides is 1. The molecule has 1 N–H and O–H groups in total. The lowest BCUT2D eigenvalue weighted by Crippen LogP contribution is -2.25. The Morgan fingerprint density at radius 1 is 1.56 bits per heavy atom. The molecular weight excluding hydrogens is 228 g/mol. The second-order valence-corrected chi connectivity index (χ2v) is 4.19. The molecule has 0 aliphatic carbocycles. The fourth-order valence-corrected chi connectivity index (χ4v) is 1.79. The van der Waals surface area contributed by atoms with Crippen molar-refractivity contribution in [3.63, 3.8) is 0 Å². The monoisotopic (exact) mass is 242 g/mol. The number of allylic oxidation sites excluding steroid dienone is 1. The molecule has 0 atom stereocenters. The van der Waals surface area contributed by atoms with Crippen molar-refractivity contribution in [3.8, 4) is 11.8 Å². The highest BCUT2D eigenvalue weighted by molar-refractivity contribution is 5.66. The summed E-state index contributed by atoms with van der Waals surface area (Å²) in [5.41, 5.74) is 2.73. The first-order valence-corrected chi connectivity index (χ1v) is 5.76. The van der Waals surface area contributed by atoms with Crippen LogP contribution in [0.5, 0.6) is 0 Å². The van der Waals surface area contributed by atoms with Crippen LogP contribution in [-0.2, 0) is 0 Å². The lowest BCUT2D eigenvalue weighted by atomic mass is 10.2. The Morgan fingerprint density at radius 3 is 3.06 bits per heavy atom. The van der Waals surface area contributed by atoms with E-state index < -0.39 is 6.09 Å². The Kier molecular flexibility index (Phi) is 3.63. The molecule has 1 amide bonds. The third-order valence-corrected chi connectivity index (χ3v) is 2.73. The normalized spacial score (nSPS) is 16.5. The van der Waals surface area contributed by atoms with Gasteiger partial charge in [-0.15, -0.1) is 0 Å². The molecule has 2 rings (SSSR count). The summed E-state index contributed by atoms with van der Waals surface area (Å²) >= 11 is 0. The average molecular weight is 242 g/mol. The van der Waals surface area contributed by atoms with E-state index in [2.05, 4.69) is 16.8 Å². The van der Waals surface area contributed by atoms with Crippen molar-refractivity contribution in [2.24, 2.45) is 0 Å². The van der Waals surface area contributed by atoms with Gasteiger partial charge in [0, 0.05) is 18.8 Å². The predicted octanol–water partition coefficient (Wildman–Crippen LogP) is 2.05. The van der Waals surface area contributed by atoms with Gasteiger partial charge in [0.2, 0.25) is 0 Å². The van der Waals surface area contributed by atoms with Crippen LogP contribution in [0, 0.1) is 18.8 Å². The first kappa shape index (κ1) is 12.2. The lowest BCUT2D eigenvalue weighted by molar-refractivity contribution is 0.156. The van der Waals surface area contributed by atoms with Gasteiger partial charge in [-0.25, -0.2) is 9.78 Å². The summed E-state index contributed by atoms with van der Waals surface area (Å²) in [4.78, 5) is 16.4. The predicted molar refractivity (Wildman–Crippen MR) is 68.1 cm³/mol. The van der Waals surface area contributed by atoms with E-state index in [0.29, 0.717) is 13.1 Å². The number of pyridine rings is 1. The van der Waals surface area contributed by atoms with E-state index in [9.17, 15) is 4.79 Å². The first-order valence-electron chi connectivity index (χ1n) is 5.76. The van der Waals surface area contributed by atoms with Gasteiger partial charge in [0.25, 0.3) is 0 Å². The third kappa shape index (κ3) is 3.11. The van der Waals surface area contributed by atoms with Gasteiger partial charge in [0.1, 0.15) is 5.69 Å². The fourth-order valence-electron chi connectivity index (χ4n) is 1.79. The number of nitrogens with zero attached hydrogens (tertiary/aromatic N) is 2. The number of aromatic nitrogens is 1. The van der Waals surface area contributed by atoms with Gasteiger partial charge < -0.3 is 10.0 Å². The topological polar surface area (TPSA) is 53.4 Å². The maximum Gasteiger partial charge on any atom is 0.407 e. The summed E-state index contributed by atoms with van der Waals surface area (Å²) < 4.78 is 0. The summed E-state index contributed by atoms with van der Waals surface area (Å²) in [7, 11) is 0. The number of carbonyl (C=O) groups is 1. The van der Waals surface area contributed by atoms with E-state index >= 15 is 0 Å².